The molecule has 0 heterocycles. The lowest BCUT2D eigenvalue weighted by Gasteiger charge is -2.36. The molecule has 7 heteroatoms. The lowest BCUT2D eigenvalue weighted by molar-refractivity contribution is 0.0496. The molecule has 0 saturated heterocycles. The molecule has 0 bridgehead atoms. The molecule has 3 N–H and O–H groups in total. The number of hydrogen-bond acceptors (Lipinski definition) is 6. The SMILES string of the molecule is CCCCOC(=O)c1cc(-c2cc(O)cc(O[Si](C)(C)C(C)(C)C)c2)c(O)cc1O. The average Bonchev–Trinajstić information content (AvgIpc) is 2.60. The third-order valence-electron chi connectivity index (χ3n) is 5.45. The minimum Gasteiger partial charge on any atom is -0.543 e. The second-order valence-electron chi connectivity index (χ2n) is 8.95. The molecular formula is C23H32O6Si. The number of unbranched alkanes of at least 4 members (excludes halogenated alkanes) is 1. The second-order valence-corrected chi connectivity index (χ2v) is 13.7. The average molecular weight is 433 g/mol. The summed E-state index contributed by atoms with van der Waals surface area (Å²) in [6.07, 6.45) is 1.60. The molecule has 0 spiro atoms. The molecule has 30 heavy (non-hydrogen) atoms. The highest BCUT2D eigenvalue weighted by molar-refractivity contribution is 6.74. The lowest BCUT2D eigenvalue weighted by Crippen LogP contribution is -2.43. The van der Waals surface area contributed by atoms with Crippen LogP contribution in [-0.4, -0.2) is 36.2 Å². The third-order valence-corrected chi connectivity index (χ3v) is 9.80. The number of rotatable bonds is 7. The number of esters is 1. The van der Waals surface area contributed by atoms with Crippen LogP contribution in [-0.2, 0) is 4.74 Å². The number of aromatic hydroxyl groups is 3. The van der Waals surface area contributed by atoms with Gasteiger partial charge >= 0.3 is 5.97 Å². The standard InChI is InChI=1S/C23H32O6Si/c1-7-8-9-28-22(27)19-13-18(20(25)14-21(19)26)15-10-16(24)12-17(11-15)29-30(5,6)23(2,3)4/h10-14,24-26H,7-9H2,1-6H3. The van der Waals surface area contributed by atoms with Crippen molar-refractivity contribution in [1.82, 2.24) is 0 Å². The van der Waals surface area contributed by atoms with E-state index in [1.165, 1.54) is 18.2 Å². The maximum absolute atomic E-state index is 12.3. The summed E-state index contributed by atoms with van der Waals surface area (Å²) < 4.78 is 11.5. The summed E-state index contributed by atoms with van der Waals surface area (Å²) in [5.74, 6) is -0.797. The van der Waals surface area contributed by atoms with Crippen LogP contribution in [0.1, 0.15) is 50.9 Å². The number of benzene rings is 2. The van der Waals surface area contributed by atoms with Crippen molar-refractivity contribution in [1.29, 1.82) is 0 Å². The first-order valence-electron chi connectivity index (χ1n) is 10.1. The Morgan fingerprint density at radius 3 is 2.27 bits per heavy atom. The van der Waals surface area contributed by atoms with Crippen LogP contribution in [0.25, 0.3) is 11.1 Å². The molecule has 164 valence electrons. The van der Waals surface area contributed by atoms with Crippen LogP contribution in [0.15, 0.2) is 30.3 Å². The first kappa shape index (κ1) is 23.6. The lowest BCUT2D eigenvalue weighted by atomic mass is 10.0. The minimum atomic E-state index is -2.15. The molecule has 0 radical (unpaired) electrons. The molecule has 0 aliphatic carbocycles. The molecule has 0 atom stereocenters. The van der Waals surface area contributed by atoms with Crippen molar-refractivity contribution in [2.75, 3.05) is 6.61 Å². The van der Waals surface area contributed by atoms with Gasteiger partial charge in [0.05, 0.1) is 6.61 Å². The molecule has 0 unspecified atom stereocenters. The normalized spacial score (nSPS) is 11.9. The van der Waals surface area contributed by atoms with Gasteiger partial charge in [-0.1, -0.05) is 34.1 Å². The number of hydrogen-bond donors (Lipinski definition) is 3. The van der Waals surface area contributed by atoms with Gasteiger partial charge in [-0.3, -0.25) is 0 Å². The van der Waals surface area contributed by atoms with Gasteiger partial charge in [-0.05, 0) is 48.3 Å². The third kappa shape index (κ3) is 5.47. The highest BCUT2D eigenvalue weighted by atomic mass is 28.4. The topological polar surface area (TPSA) is 96.2 Å². The van der Waals surface area contributed by atoms with Crippen molar-refractivity contribution in [3.8, 4) is 34.1 Å². The molecule has 6 nitrogen and oxygen atoms in total. The zero-order chi connectivity index (χ0) is 22.7. The Balaban J connectivity index is 2.45. The fraction of sp³-hybridized carbons (Fsp3) is 0.435. The molecule has 0 amide bonds. The van der Waals surface area contributed by atoms with Crippen LogP contribution in [0, 0.1) is 0 Å². The summed E-state index contributed by atoms with van der Waals surface area (Å²) in [7, 11) is -2.15. The molecule has 0 aliphatic rings. The summed E-state index contributed by atoms with van der Waals surface area (Å²) in [6.45, 7) is 12.8. The van der Waals surface area contributed by atoms with E-state index in [-0.39, 0.29) is 40.0 Å². The Labute approximate surface area is 179 Å². The van der Waals surface area contributed by atoms with Crippen LogP contribution >= 0.6 is 0 Å². The fourth-order valence-electron chi connectivity index (χ4n) is 2.60. The Hall–Kier alpha value is -2.67. The molecule has 0 aliphatic heterocycles. The van der Waals surface area contributed by atoms with Gasteiger partial charge in [0.2, 0.25) is 8.32 Å². The van der Waals surface area contributed by atoms with E-state index in [1.54, 1.807) is 6.07 Å². The van der Waals surface area contributed by atoms with E-state index in [4.69, 9.17) is 9.16 Å². The monoisotopic (exact) mass is 432 g/mol. The molecule has 0 aromatic heterocycles. The van der Waals surface area contributed by atoms with Gasteiger partial charge in [0.25, 0.3) is 0 Å². The van der Waals surface area contributed by atoms with Gasteiger partial charge in [-0.2, -0.15) is 0 Å². The second kappa shape index (κ2) is 9.00. The van der Waals surface area contributed by atoms with Crippen molar-refractivity contribution in [2.45, 2.75) is 58.7 Å². The highest BCUT2D eigenvalue weighted by Crippen LogP contribution is 2.41. The number of carbonyl (C=O) groups is 1. The molecular weight excluding hydrogens is 400 g/mol. The van der Waals surface area contributed by atoms with Crippen LogP contribution in [0.2, 0.25) is 18.1 Å². The van der Waals surface area contributed by atoms with E-state index in [2.05, 4.69) is 33.9 Å². The van der Waals surface area contributed by atoms with Crippen molar-refractivity contribution in [2.24, 2.45) is 0 Å². The van der Waals surface area contributed by atoms with Crippen LogP contribution in [0.3, 0.4) is 0 Å². The fourth-order valence-corrected chi connectivity index (χ4v) is 3.62. The molecule has 2 aromatic carbocycles. The Bertz CT molecular complexity index is 915. The van der Waals surface area contributed by atoms with Crippen LogP contribution in [0.5, 0.6) is 23.0 Å². The highest BCUT2D eigenvalue weighted by Gasteiger charge is 2.39. The summed E-state index contributed by atoms with van der Waals surface area (Å²) in [5.41, 5.74) is 0.698. The Kier molecular flexibility index (Phi) is 7.08. The molecule has 0 saturated carbocycles. The first-order valence-corrected chi connectivity index (χ1v) is 13.0. The van der Waals surface area contributed by atoms with Gasteiger partial charge in [0.15, 0.2) is 0 Å². The zero-order valence-corrected chi connectivity index (χ0v) is 19.6. The summed E-state index contributed by atoms with van der Waals surface area (Å²) in [5, 5.41) is 30.7. The van der Waals surface area contributed by atoms with Crippen molar-refractivity contribution in [3.63, 3.8) is 0 Å². The minimum absolute atomic E-state index is 0.0271. The largest absolute Gasteiger partial charge is 0.543 e. The van der Waals surface area contributed by atoms with Crippen LogP contribution in [0.4, 0.5) is 0 Å². The molecule has 2 rings (SSSR count). The van der Waals surface area contributed by atoms with E-state index in [0.717, 1.165) is 18.9 Å². The van der Waals surface area contributed by atoms with Crippen LogP contribution < -0.4 is 4.43 Å². The van der Waals surface area contributed by atoms with Gasteiger partial charge in [-0.25, -0.2) is 4.79 Å². The maximum Gasteiger partial charge on any atom is 0.341 e. The number of ether oxygens (including phenoxy) is 1. The Morgan fingerprint density at radius 1 is 1.00 bits per heavy atom. The molecule has 2 aromatic rings. The van der Waals surface area contributed by atoms with Crippen molar-refractivity contribution in [3.05, 3.63) is 35.9 Å². The van der Waals surface area contributed by atoms with E-state index in [1.807, 2.05) is 6.92 Å². The number of phenols is 3. The predicted molar refractivity (Wildman–Crippen MR) is 120 cm³/mol. The van der Waals surface area contributed by atoms with Crippen molar-refractivity contribution < 1.29 is 29.3 Å². The zero-order valence-electron chi connectivity index (χ0n) is 18.6. The Morgan fingerprint density at radius 2 is 1.67 bits per heavy atom. The summed E-state index contributed by atoms with van der Waals surface area (Å²) in [4.78, 5) is 12.3. The van der Waals surface area contributed by atoms with Gasteiger partial charge in [-0.15, -0.1) is 0 Å². The van der Waals surface area contributed by atoms with Gasteiger partial charge in [0, 0.05) is 17.7 Å². The first-order chi connectivity index (χ1) is 13.9. The smallest absolute Gasteiger partial charge is 0.341 e. The van der Waals surface area contributed by atoms with Gasteiger partial charge in [0.1, 0.15) is 28.6 Å². The van der Waals surface area contributed by atoms with Gasteiger partial charge < -0.3 is 24.5 Å². The predicted octanol–water partition coefficient (Wildman–Crippen LogP) is 5.81. The van der Waals surface area contributed by atoms with E-state index in [0.29, 0.717) is 11.3 Å². The van der Waals surface area contributed by atoms with E-state index in [9.17, 15) is 20.1 Å². The van der Waals surface area contributed by atoms with E-state index < -0.39 is 14.3 Å². The summed E-state index contributed by atoms with van der Waals surface area (Å²) in [6, 6.07) is 7.17. The number of carbonyl (C=O) groups excluding carboxylic acids is 1. The quantitative estimate of drug-likeness (QED) is 0.290. The van der Waals surface area contributed by atoms with Crippen molar-refractivity contribution >= 4 is 14.3 Å². The van der Waals surface area contributed by atoms with E-state index >= 15 is 0 Å². The summed E-state index contributed by atoms with van der Waals surface area (Å²) >= 11 is 0. The maximum atomic E-state index is 12.3. The molecule has 0 fully saturated rings. The number of phenolic OH excluding ortho intramolecular Hbond substituents is 3.